The highest BCUT2D eigenvalue weighted by molar-refractivity contribution is 5.59. The van der Waals surface area contributed by atoms with Gasteiger partial charge in [-0.05, 0) is 56.1 Å². The van der Waals surface area contributed by atoms with Crippen molar-refractivity contribution in [2.24, 2.45) is 5.92 Å². The lowest BCUT2D eigenvalue weighted by Crippen LogP contribution is -2.32. The summed E-state index contributed by atoms with van der Waals surface area (Å²) in [5, 5.41) is 10.7. The fourth-order valence-electron chi connectivity index (χ4n) is 2.81. The molecule has 0 N–H and O–H groups in total. The molecule has 22 heavy (non-hydrogen) atoms. The lowest BCUT2D eigenvalue weighted by Gasteiger charge is -2.29. The van der Waals surface area contributed by atoms with Gasteiger partial charge in [-0.15, -0.1) is 0 Å². The molecule has 0 saturated carbocycles. The second kappa shape index (κ2) is 6.32. The fraction of sp³-hybridized carbons (Fsp3) is 0.412. The minimum absolute atomic E-state index is 0.0953. The Morgan fingerprint density at radius 1 is 1.18 bits per heavy atom. The van der Waals surface area contributed by atoms with Crippen molar-refractivity contribution in [2.75, 3.05) is 13.1 Å². The van der Waals surface area contributed by atoms with Gasteiger partial charge in [0.15, 0.2) is 0 Å². The zero-order chi connectivity index (χ0) is 15.5. The third-order valence-electron chi connectivity index (χ3n) is 4.28. The largest absolute Gasteiger partial charge is 0.460 e. The SMILES string of the molecule is CC1CCN(Cc2ccc(-c3ccc([N+](=O)[O-])cc3)o2)CC1. The summed E-state index contributed by atoms with van der Waals surface area (Å²) in [4.78, 5) is 12.7. The van der Waals surface area contributed by atoms with E-state index in [4.69, 9.17) is 4.42 Å². The molecular formula is C17H20N2O3. The van der Waals surface area contributed by atoms with Gasteiger partial charge in [-0.1, -0.05) is 6.92 Å². The van der Waals surface area contributed by atoms with E-state index in [9.17, 15) is 10.1 Å². The third-order valence-corrected chi connectivity index (χ3v) is 4.28. The molecule has 0 aliphatic carbocycles. The summed E-state index contributed by atoms with van der Waals surface area (Å²) in [7, 11) is 0. The van der Waals surface area contributed by atoms with Crippen molar-refractivity contribution in [2.45, 2.75) is 26.3 Å². The number of hydrogen-bond donors (Lipinski definition) is 0. The van der Waals surface area contributed by atoms with Gasteiger partial charge in [-0.2, -0.15) is 0 Å². The van der Waals surface area contributed by atoms with Gasteiger partial charge in [0.25, 0.3) is 5.69 Å². The number of nitrogens with zero attached hydrogens (tertiary/aromatic N) is 2. The molecule has 5 nitrogen and oxygen atoms in total. The Hall–Kier alpha value is -2.14. The molecule has 0 unspecified atom stereocenters. The first-order chi connectivity index (χ1) is 10.6. The molecule has 0 amide bonds. The van der Waals surface area contributed by atoms with E-state index in [1.807, 2.05) is 12.1 Å². The van der Waals surface area contributed by atoms with E-state index < -0.39 is 4.92 Å². The van der Waals surface area contributed by atoms with Crippen LogP contribution in [0.3, 0.4) is 0 Å². The van der Waals surface area contributed by atoms with Crippen molar-refractivity contribution in [1.82, 2.24) is 4.90 Å². The minimum atomic E-state index is -0.394. The van der Waals surface area contributed by atoms with Crippen LogP contribution < -0.4 is 0 Å². The molecule has 2 aromatic rings. The number of hydrogen-bond acceptors (Lipinski definition) is 4. The lowest BCUT2D eigenvalue weighted by atomic mass is 9.99. The van der Waals surface area contributed by atoms with Crippen LogP contribution in [0.5, 0.6) is 0 Å². The quantitative estimate of drug-likeness (QED) is 0.630. The Balaban J connectivity index is 1.66. The molecule has 1 aromatic heterocycles. The number of rotatable bonds is 4. The molecule has 0 atom stereocenters. The molecule has 1 aliphatic rings. The second-order valence-corrected chi connectivity index (χ2v) is 6.03. The summed E-state index contributed by atoms with van der Waals surface area (Å²) in [5.41, 5.74) is 0.960. The molecule has 0 spiro atoms. The van der Waals surface area contributed by atoms with Gasteiger partial charge < -0.3 is 4.42 Å². The first-order valence-corrected chi connectivity index (χ1v) is 7.68. The molecule has 5 heteroatoms. The van der Waals surface area contributed by atoms with Crippen molar-refractivity contribution >= 4 is 5.69 Å². The van der Waals surface area contributed by atoms with E-state index in [-0.39, 0.29) is 5.69 Å². The Labute approximate surface area is 129 Å². The zero-order valence-corrected chi connectivity index (χ0v) is 12.7. The number of likely N-dealkylation sites (tertiary alicyclic amines) is 1. The molecule has 0 radical (unpaired) electrons. The Morgan fingerprint density at radius 3 is 2.50 bits per heavy atom. The van der Waals surface area contributed by atoms with Crippen molar-refractivity contribution in [3.8, 4) is 11.3 Å². The molecule has 3 rings (SSSR count). The van der Waals surface area contributed by atoms with Crippen LogP contribution in [0.25, 0.3) is 11.3 Å². The lowest BCUT2D eigenvalue weighted by molar-refractivity contribution is -0.384. The van der Waals surface area contributed by atoms with Crippen LogP contribution in [-0.2, 0) is 6.54 Å². The maximum absolute atomic E-state index is 10.7. The first-order valence-electron chi connectivity index (χ1n) is 7.68. The number of non-ortho nitro benzene ring substituents is 1. The first kappa shape index (κ1) is 14.8. The average molecular weight is 300 g/mol. The summed E-state index contributed by atoms with van der Waals surface area (Å²) in [5.74, 6) is 2.53. The van der Waals surface area contributed by atoms with Crippen LogP contribution in [0, 0.1) is 16.0 Å². The van der Waals surface area contributed by atoms with E-state index in [2.05, 4.69) is 11.8 Å². The molecule has 1 fully saturated rings. The van der Waals surface area contributed by atoms with Crippen LogP contribution in [-0.4, -0.2) is 22.9 Å². The summed E-state index contributed by atoms with van der Waals surface area (Å²) < 4.78 is 5.89. The number of nitro groups is 1. The monoisotopic (exact) mass is 300 g/mol. The number of benzene rings is 1. The number of furan rings is 1. The van der Waals surface area contributed by atoms with Gasteiger partial charge in [-0.25, -0.2) is 0 Å². The van der Waals surface area contributed by atoms with Gasteiger partial charge in [0, 0.05) is 17.7 Å². The maximum atomic E-state index is 10.7. The predicted molar refractivity (Wildman–Crippen MR) is 84.5 cm³/mol. The molecular weight excluding hydrogens is 280 g/mol. The van der Waals surface area contributed by atoms with Gasteiger partial charge in [-0.3, -0.25) is 15.0 Å². The van der Waals surface area contributed by atoms with E-state index >= 15 is 0 Å². The van der Waals surface area contributed by atoms with E-state index in [0.717, 1.165) is 42.6 Å². The summed E-state index contributed by atoms with van der Waals surface area (Å²) >= 11 is 0. The number of piperidine rings is 1. The Bertz CT molecular complexity index is 640. The predicted octanol–water partition coefficient (Wildman–Crippen LogP) is 4.09. The summed E-state index contributed by atoms with van der Waals surface area (Å²) in [6.07, 6.45) is 2.49. The molecule has 0 bridgehead atoms. The van der Waals surface area contributed by atoms with Crippen LogP contribution in [0.2, 0.25) is 0 Å². The Morgan fingerprint density at radius 2 is 1.86 bits per heavy atom. The van der Waals surface area contributed by atoms with Gasteiger partial charge in [0.05, 0.1) is 11.5 Å². The topological polar surface area (TPSA) is 59.5 Å². The van der Waals surface area contributed by atoms with Crippen molar-refractivity contribution in [3.63, 3.8) is 0 Å². The maximum Gasteiger partial charge on any atom is 0.269 e. The molecule has 1 saturated heterocycles. The zero-order valence-electron chi connectivity index (χ0n) is 12.7. The van der Waals surface area contributed by atoms with E-state index in [1.54, 1.807) is 12.1 Å². The normalized spacial score (nSPS) is 16.8. The van der Waals surface area contributed by atoms with Crippen molar-refractivity contribution in [3.05, 3.63) is 52.3 Å². The molecule has 1 aromatic carbocycles. The fourth-order valence-corrected chi connectivity index (χ4v) is 2.81. The van der Waals surface area contributed by atoms with Crippen molar-refractivity contribution < 1.29 is 9.34 Å². The average Bonchev–Trinajstić information content (AvgIpc) is 2.98. The number of nitro benzene ring substituents is 1. The van der Waals surface area contributed by atoms with E-state index in [0.29, 0.717) is 0 Å². The Kier molecular flexibility index (Phi) is 4.24. The van der Waals surface area contributed by atoms with E-state index in [1.165, 1.54) is 25.0 Å². The van der Waals surface area contributed by atoms with Gasteiger partial charge >= 0.3 is 0 Å². The minimum Gasteiger partial charge on any atom is -0.460 e. The van der Waals surface area contributed by atoms with Gasteiger partial charge in [0.1, 0.15) is 11.5 Å². The van der Waals surface area contributed by atoms with Gasteiger partial charge in [0.2, 0.25) is 0 Å². The van der Waals surface area contributed by atoms with Crippen LogP contribution in [0.1, 0.15) is 25.5 Å². The molecule has 2 heterocycles. The van der Waals surface area contributed by atoms with Crippen LogP contribution >= 0.6 is 0 Å². The third kappa shape index (κ3) is 3.36. The highest BCUT2D eigenvalue weighted by Gasteiger charge is 2.17. The molecule has 116 valence electrons. The smallest absolute Gasteiger partial charge is 0.269 e. The van der Waals surface area contributed by atoms with Crippen LogP contribution in [0.15, 0.2) is 40.8 Å². The summed E-state index contributed by atoms with van der Waals surface area (Å²) in [6.45, 7) is 5.38. The van der Waals surface area contributed by atoms with Crippen LogP contribution in [0.4, 0.5) is 5.69 Å². The standard InChI is InChI=1S/C17H20N2O3/c1-13-8-10-18(11-9-13)12-16-6-7-17(22-16)14-2-4-15(5-3-14)19(20)21/h2-7,13H,8-12H2,1H3. The highest BCUT2D eigenvalue weighted by Crippen LogP contribution is 2.26. The highest BCUT2D eigenvalue weighted by atomic mass is 16.6. The molecule has 1 aliphatic heterocycles. The van der Waals surface area contributed by atoms with Crippen molar-refractivity contribution in [1.29, 1.82) is 0 Å². The summed E-state index contributed by atoms with van der Waals surface area (Å²) in [6, 6.07) is 10.4. The second-order valence-electron chi connectivity index (χ2n) is 6.03.